The maximum atomic E-state index is 11.2. The fraction of sp³-hybridized carbons (Fsp3) is 0.250. The Morgan fingerprint density at radius 2 is 2.50 bits per heavy atom. The van der Waals surface area contributed by atoms with Crippen molar-refractivity contribution in [1.82, 2.24) is 0 Å². The fourth-order valence-electron chi connectivity index (χ4n) is 0.757. The van der Waals surface area contributed by atoms with Crippen molar-refractivity contribution in [3.63, 3.8) is 0 Å². The van der Waals surface area contributed by atoms with Crippen LogP contribution in [0.3, 0.4) is 0 Å². The highest BCUT2D eigenvalue weighted by molar-refractivity contribution is 6.08. The van der Waals surface area contributed by atoms with Crippen molar-refractivity contribution in [1.29, 1.82) is 0 Å². The maximum absolute atomic E-state index is 11.2. The molecule has 4 heteroatoms. The van der Waals surface area contributed by atoms with Crippen LogP contribution in [0.15, 0.2) is 29.0 Å². The van der Waals surface area contributed by atoms with E-state index in [1.165, 1.54) is 12.3 Å². The van der Waals surface area contributed by atoms with Gasteiger partial charge in [0.1, 0.15) is 0 Å². The molecule has 0 aromatic heterocycles. The van der Waals surface area contributed by atoms with E-state index >= 15 is 0 Å². The average molecular weight is 165 g/mol. The van der Waals surface area contributed by atoms with Gasteiger partial charge < -0.3 is 4.74 Å². The van der Waals surface area contributed by atoms with E-state index in [1.807, 2.05) is 0 Å². The van der Waals surface area contributed by atoms with Gasteiger partial charge in [0, 0.05) is 0 Å². The molecule has 1 heterocycles. The van der Waals surface area contributed by atoms with Gasteiger partial charge in [-0.15, -0.1) is 0 Å². The summed E-state index contributed by atoms with van der Waals surface area (Å²) in [5.74, 6) is -0.231. The van der Waals surface area contributed by atoms with Crippen molar-refractivity contribution < 1.29 is 14.3 Å². The van der Waals surface area contributed by atoms with Crippen molar-refractivity contribution in [3.05, 3.63) is 24.0 Å². The van der Waals surface area contributed by atoms with Gasteiger partial charge in [0.25, 0.3) is 0 Å². The molecule has 0 fully saturated rings. The number of rotatable bonds is 3. The highest BCUT2D eigenvalue weighted by atomic mass is 16.5. The lowest BCUT2D eigenvalue weighted by atomic mass is 10.0. The van der Waals surface area contributed by atoms with E-state index < -0.39 is 6.23 Å². The number of ether oxygens (including phenoxy) is 1. The molecule has 0 saturated heterocycles. The number of Topliss-reactive ketones (excluding diaryl/α,β-unsaturated/α-hetero) is 1. The zero-order valence-corrected chi connectivity index (χ0v) is 6.53. The molecule has 0 amide bonds. The van der Waals surface area contributed by atoms with Crippen LogP contribution in [0, 0.1) is 0 Å². The van der Waals surface area contributed by atoms with E-state index in [4.69, 9.17) is 4.74 Å². The first-order chi connectivity index (χ1) is 5.66. The summed E-state index contributed by atoms with van der Waals surface area (Å²) in [5, 5.41) is 0. The van der Waals surface area contributed by atoms with Crippen molar-refractivity contribution in [2.75, 3.05) is 0 Å². The Kier molecular flexibility index (Phi) is 2.21. The van der Waals surface area contributed by atoms with Crippen LogP contribution in [0.25, 0.3) is 0 Å². The SMILES string of the molecule is C=C(C)C(=O)C1=COC1N=C=O. The molecule has 0 aliphatic carbocycles. The first-order valence-electron chi connectivity index (χ1n) is 3.29. The number of aliphatic imine (C=N–C) groups is 1. The third-order valence-corrected chi connectivity index (χ3v) is 1.41. The van der Waals surface area contributed by atoms with Crippen molar-refractivity contribution >= 4 is 11.9 Å². The molecule has 0 spiro atoms. The number of nitrogens with zero attached hydrogens (tertiary/aromatic N) is 1. The molecule has 0 N–H and O–H groups in total. The van der Waals surface area contributed by atoms with E-state index in [0.717, 1.165) is 0 Å². The van der Waals surface area contributed by atoms with E-state index in [9.17, 15) is 9.59 Å². The van der Waals surface area contributed by atoms with E-state index in [-0.39, 0.29) is 5.78 Å². The summed E-state index contributed by atoms with van der Waals surface area (Å²) < 4.78 is 4.70. The molecular formula is C8H7NO3. The Bertz CT molecular complexity index is 310. The van der Waals surface area contributed by atoms with Gasteiger partial charge in [-0.05, 0) is 12.5 Å². The molecule has 0 aromatic rings. The van der Waals surface area contributed by atoms with Crippen LogP contribution < -0.4 is 0 Å². The number of allylic oxidation sites excluding steroid dienone is 1. The summed E-state index contributed by atoms with van der Waals surface area (Å²) in [5.41, 5.74) is 0.751. The number of ketones is 1. The molecule has 1 unspecified atom stereocenters. The third kappa shape index (κ3) is 1.33. The van der Waals surface area contributed by atoms with Gasteiger partial charge in [-0.25, -0.2) is 4.79 Å². The topological polar surface area (TPSA) is 55.7 Å². The largest absolute Gasteiger partial charge is 0.470 e. The monoisotopic (exact) mass is 165 g/mol. The Balaban J connectivity index is 2.73. The van der Waals surface area contributed by atoms with E-state index in [0.29, 0.717) is 11.1 Å². The molecule has 4 nitrogen and oxygen atoms in total. The van der Waals surface area contributed by atoms with Gasteiger partial charge in [0.15, 0.2) is 5.78 Å². The molecular weight excluding hydrogens is 158 g/mol. The van der Waals surface area contributed by atoms with E-state index in [2.05, 4.69) is 11.6 Å². The molecule has 0 aromatic carbocycles. The van der Waals surface area contributed by atoms with Crippen LogP contribution in [0.1, 0.15) is 6.92 Å². The zero-order valence-electron chi connectivity index (χ0n) is 6.53. The summed E-state index contributed by atoms with van der Waals surface area (Å²) in [7, 11) is 0. The summed E-state index contributed by atoms with van der Waals surface area (Å²) >= 11 is 0. The lowest BCUT2D eigenvalue weighted by molar-refractivity contribution is -0.114. The molecule has 12 heavy (non-hydrogen) atoms. The number of hydrogen-bond donors (Lipinski definition) is 0. The van der Waals surface area contributed by atoms with Crippen LogP contribution in [0.4, 0.5) is 0 Å². The lowest BCUT2D eigenvalue weighted by Crippen LogP contribution is -2.26. The number of hydrogen-bond acceptors (Lipinski definition) is 4. The van der Waals surface area contributed by atoms with Crippen molar-refractivity contribution in [2.45, 2.75) is 13.2 Å². The molecule has 1 aliphatic rings. The number of carbonyl (C=O) groups is 1. The quantitative estimate of drug-likeness (QED) is 0.351. The average Bonchev–Trinajstić information content (AvgIpc) is 1.98. The predicted octanol–water partition coefficient (Wildman–Crippen LogP) is 0.708. The third-order valence-electron chi connectivity index (χ3n) is 1.41. The highest BCUT2D eigenvalue weighted by Crippen LogP contribution is 2.22. The second-order valence-corrected chi connectivity index (χ2v) is 2.39. The minimum absolute atomic E-state index is 0.231. The Morgan fingerprint density at radius 3 is 2.83 bits per heavy atom. The highest BCUT2D eigenvalue weighted by Gasteiger charge is 2.29. The molecule has 0 saturated carbocycles. The Labute approximate surface area is 69.2 Å². The fourth-order valence-corrected chi connectivity index (χ4v) is 0.757. The second-order valence-electron chi connectivity index (χ2n) is 2.39. The summed E-state index contributed by atoms with van der Waals surface area (Å²) in [6.07, 6.45) is 1.82. The normalized spacial score (nSPS) is 19.4. The first-order valence-corrected chi connectivity index (χ1v) is 3.29. The van der Waals surface area contributed by atoms with Gasteiger partial charge in [0.05, 0.1) is 11.8 Å². The van der Waals surface area contributed by atoms with Gasteiger partial charge in [-0.2, -0.15) is 4.99 Å². The minimum Gasteiger partial charge on any atom is -0.470 e. The summed E-state index contributed by atoms with van der Waals surface area (Å²) in [6, 6.07) is 0. The minimum atomic E-state index is -0.772. The Morgan fingerprint density at radius 1 is 1.83 bits per heavy atom. The van der Waals surface area contributed by atoms with Gasteiger partial charge in [0.2, 0.25) is 12.3 Å². The Hall–Kier alpha value is -1.67. The van der Waals surface area contributed by atoms with Crippen molar-refractivity contribution in [3.8, 4) is 0 Å². The molecule has 0 radical (unpaired) electrons. The van der Waals surface area contributed by atoms with Gasteiger partial charge in [-0.1, -0.05) is 6.58 Å². The van der Waals surface area contributed by atoms with Crippen molar-refractivity contribution in [2.24, 2.45) is 4.99 Å². The first kappa shape index (κ1) is 8.43. The predicted molar refractivity (Wildman–Crippen MR) is 40.9 cm³/mol. The summed E-state index contributed by atoms with van der Waals surface area (Å²) in [4.78, 5) is 24.2. The molecule has 0 bridgehead atoms. The molecule has 1 aliphatic heterocycles. The van der Waals surface area contributed by atoms with Gasteiger partial charge >= 0.3 is 0 Å². The van der Waals surface area contributed by atoms with Crippen LogP contribution in [-0.2, 0) is 14.3 Å². The smallest absolute Gasteiger partial charge is 0.238 e. The molecule has 1 atom stereocenters. The second kappa shape index (κ2) is 3.15. The van der Waals surface area contributed by atoms with Gasteiger partial charge in [-0.3, -0.25) is 4.79 Å². The summed E-state index contributed by atoms with van der Waals surface area (Å²) in [6.45, 7) is 5.05. The lowest BCUT2D eigenvalue weighted by Gasteiger charge is -2.21. The van der Waals surface area contributed by atoms with Crippen LogP contribution in [0.5, 0.6) is 0 Å². The number of isocyanates is 1. The molecule has 1 rings (SSSR count). The van der Waals surface area contributed by atoms with Crippen LogP contribution in [0.2, 0.25) is 0 Å². The van der Waals surface area contributed by atoms with Crippen LogP contribution in [-0.4, -0.2) is 18.1 Å². The van der Waals surface area contributed by atoms with Crippen LogP contribution >= 0.6 is 0 Å². The maximum Gasteiger partial charge on any atom is 0.238 e. The number of carbonyl (C=O) groups excluding carboxylic acids is 2. The van der Waals surface area contributed by atoms with E-state index in [1.54, 1.807) is 6.92 Å². The molecule has 62 valence electrons. The standard InChI is InChI=1S/C8H7NO3/c1-5(2)7(11)6-3-12-8(6)9-4-10/h3,8H,1H2,2H3. The zero-order chi connectivity index (χ0) is 9.14.